The van der Waals surface area contributed by atoms with Gasteiger partial charge in [0.25, 0.3) is 0 Å². The molecular weight excluding hydrogens is 224 g/mol. The van der Waals surface area contributed by atoms with E-state index in [1.807, 2.05) is 6.92 Å². The first-order valence-corrected chi connectivity index (χ1v) is 5.64. The van der Waals surface area contributed by atoms with Crippen molar-refractivity contribution in [3.63, 3.8) is 0 Å². The number of ketones is 1. The van der Waals surface area contributed by atoms with Crippen LogP contribution >= 0.6 is 0 Å². The summed E-state index contributed by atoms with van der Waals surface area (Å²) in [4.78, 5) is 13.9. The van der Waals surface area contributed by atoms with Crippen LogP contribution in [-0.2, 0) is 9.53 Å². The lowest BCUT2D eigenvalue weighted by Gasteiger charge is -2.34. The van der Waals surface area contributed by atoms with Gasteiger partial charge in [-0.15, -0.1) is 5.10 Å². The maximum atomic E-state index is 12.1. The average Bonchev–Trinajstić information content (AvgIpc) is 2.90. The quantitative estimate of drug-likeness (QED) is 0.763. The smallest absolute Gasteiger partial charge is 0.318 e. The Bertz CT molecular complexity index is 368. The minimum atomic E-state index is -0.480. The van der Waals surface area contributed by atoms with Crippen LogP contribution in [0.1, 0.15) is 13.3 Å². The lowest BCUT2D eigenvalue weighted by molar-refractivity contribution is -0.124. The van der Waals surface area contributed by atoms with Gasteiger partial charge in [0.1, 0.15) is 6.04 Å². The zero-order chi connectivity index (χ0) is 12.3. The number of carbonyl (C=O) groups excluding carboxylic acids is 1. The van der Waals surface area contributed by atoms with Gasteiger partial charge >= 0.3 is 6.01 Å². The van der Waals surface area contributed by atoms with Crippen molar-refractivity contribution in [2.45, 2.75) is 25.4 Å². The Morgan fingerprint density at radius 1 is 1.76 bits per heavy atom. The molecule has 0 radical (unpaired) electrons. The molecule has 2 rings (SSSR count). The molecule has 0 saturated carbocycles. The third kappa shape index (κ3) is 2.45. The van der Waals surface area contributed by atoms with E-state index >= 15 is 0 Å². The van der Waals surface area contributed by atoms with Gasteiger partial charge in [-0.25, -0.2) is 0 Å². The van der Waals surface area contributed by atoms with Crippen molar-refractivity contribution in [1.29, 1.82) is 0 Å². The number of rotatable bonds is 4. The fourth-order valence-corrected chi connectivity index (χ4v) is 1.81. The second kappa shape index (κ2) is 5.24. The fraction of sp³-hybridized carbons (Fsp3) is 0.700. The molecule has 7 nitrogen and oxygen atoms in total. The highest BCUT2D eigenvalue weighted by atomic mass is 16.5. The minimum Gasteiger partial charge on any atom is -0.411 e. The summed E-state index contributed by atoms with van der Waals surface area (Å²) in [7, 11) is 0. The van der Waals surface area contributed by atoms with Crippen LogP contribution < -0.4 is 10.6 Å². The normalized spacial score (nSPS) is 22.5. The number of nitrogens with zero attached hydrogens (tertiary/aromatic N) is 3. The SMILES string of the molecule is CC[C@H](N)C(=O)C1COCCN1c1nnco1. The predicted molar refractivity (Wildman–Crippen MR) is 59.5 cm³/mol. The Balaban J connectivity index is 2.15. The van der Waals surface area contributed by atoms with E-state index in [9.17, 15) is 4.79 Å². The molecule has 0 bridgehead atoms. The third-order valence-electron chi connectivity index (χ3n) is 2.86. The zero-order valence-corrected chi connectivity index (χ0v) is 9.70. The molecule has 17 heavy (non-hydrogen) atoms. The van der Waals surface area contributed by atoms with E-state index in [4.69, 9.17) is 14.9 Å². The predicted octanol–water partition coefficient (Wildman–Crippen LogP) is -0.419. The molecule has 1 unspecified atom stereocenters. The van der Waals surface area contributed by atoms with Gasteiger partial charge in [0.05, 0.1) is 19.3 Å². The highest BCUT2D eigenvalue weighted by Crippen LogP contribution is 2.18. The third-order valence-corrected chi connectivity index (χ3v) is 2.86. The van der Waals surface area contributed by atoms with Crippen molar-refractivity contribution in [2.24, 2.45) is 5.73 Å². The highest BCUT2D eigenvalue weighted by molar-refractivity contribution is 5.91. The summed E-state index contributed by atoms with van der Waals surface area (Å²) in [6, 6.07) is -0.568. The molecule has 0 aliphatic carbocycles. The second-order valence-corrected chi connectivity index (χ2v) is 3.92. The number of hydrogen-bond acceptors (Lipinski definition) is 7. The van der Waals surface area contributed by atoms with Gasteiger partial charge in [0.2, 0.25) is 6.39 Å². The Morgan fingerprint density at radius 3 is 3.24 bits per heavy atom. The Kier molecular flexibility index (Phi) is 3.70. The fourth-order valence-electron chi connectivity index (χ4n) is 1.81. The molecule has 2 atom stereocenters. The van der Waals surface area contributed by atoms with Crippen LogP contribution in [0.15, 0.2) is 10.8 Å². The molecule has 1 aliphatic heterocycles. The molecule has 7 heteroatoms. The maximum absolute atomic E-state index is 12.1. The topological polar surface area (TPSA) is 94.5 Å². The summed E-state index contributed by atoms with van der Waals surface area (Å²) < 4.78 is 10.4. The van der Waals surface area contributed by atoms with Crippen LogP contribution in [0.5, 0.6) is 0 Å². The van der Waals surface area contributed by atoms with Crippen LogP contribution in [0.2, 0.25) is 0 Å². The van der Waals surface area contributed by atoms with Crippen molar-refractivity contribution >= 4 is 11.8 Å². The summed E-state index contributed by atoms with van der Waals surface area (Å²) in [6.07, 6.45) is 1.85. The van der Waals surface area contributed by atoms with Crippen molar-refractivity contribution in [3.05, 3.63) is 6.39 Å². The first-order chi connectivity index (χ1) is 8.24. The molecule has 1 aromatic rings. The molecule has 1 fully saturated rings. The highest BCUT2D eigenvalue weighted by Gasteiger charge is 2.34. The first kappa shape index (κ1) is 12.0. The summed E-state index contributed by atoms with van der Waals surface area (Å²) in [6.45, 7) is 3.28. The van der Waals surface area contributed by atoms with Crippen molar-refractivity contribution < 1.29 is 13.9 Å². The van der Waals surface area contributed by atoms with Gasteiger partial charge in [-0.3, -0.25) is 4.79 Å². The molecule has 2 heterocycles. The molecular formula is C10H16N4O3. The Labute approximate surface area is 98.9 Å². The van der Waals surface area contributed by atoms with E-state index in [2.05, 4.69) is 10.2 Å². The van der Waals surface area contributed by atoms with E-state index in [0.29, 0.717) is 32.2 Å². The minimum absolute atomic E-state index is 0.0506. The summed E-state index contributed by atoms with van der Waals surface area (Å²) >= 11 is 0. The van der Waals surface area contributed by atoms with E-state index in [1.165, 1.54) is 6.39 Å². The van der Waals surface area contributed by atoms with Crippen molar-refractivity contribution in [2.75, 3.05) is 24.7 Å². The van der Waals surface area contributed by atoms with E-state index in [0.717, 1.165) is 0 Å². The molecule has 2 N–H and O–H groups in total. The lowest BCUT2D eigenvalue weighted by atomic mass is 10.0. The van der Waals surface area contributed by atoms with Crippen molar-refractivity contribution in [1.82, 2.24) is 10.2 Å². The molecule has 1 aliphatic rings. The van der Waals surface area contributed by atoms with Crippen LogP contribution in [0.25, 0.3) is 0 Å². The second-order valence-electron chi connectivity index (χ2n) is 3.92. The number of aromatic nitrogens is 2. The number of ether oxygens (including phenoxy) is 1. The standard InChI is InChI=1S/C10H16N4O3/c1-2-7(11)9(15)8-5-16-4-3-14(8)10-13-12-6-17-10/h6-8H,2-5,11H2,1H3/t7-,8?/m0/s1. The van der Waals surface area contributed by atoms with Crippen LogP contribution in [0.3, 0.4) is 0 Å². The molecule has 0 aromatic carbocycles. The Morgan fingerprint density at radius 2 is 2.59 bits per heavy atom. The number of carbonyl (C=O) groups is 1. The number of nitrogens with two attached hydrogens (primary N) is 1. The van der Waals surface area contributed by atoms with E-state index in [1.54, 1.807) is 4.90 Å². The largest absolute Gasteiger partial charge is 0.411 e. The van der Waals surface area contributed by atoms with Crippen LogP contribution in [-0.4, -0.2) is 47.8 Å². The van der Waals surface area contributed by atoms with Crippen LogP contribution in [0, 0.1) is 0 Å². The molecule has 1 saturated heterocycles. The lowest BCUT2D eigenvalue weighted by Crippen LogP contribution is -2.54. The van der Waals surface area contributed by atoms with Gasteiger partial charge < -0.3 is 19.8 Å². The number of morpholine rings is 1. The van der Waals surface area contributed by atoms with E-state index in [-0.39, 0.29) is 5.78 Å². The first-order valence-electron chi connectivity index (χ1n) is 5.64. The Hall–Kier alpha value is -1.47. The van der Waals surface area contributed by atoms with Gasteiger partial charge in [-0.2, -0.15) is 0 Å². The average molecular weight is 240 g/mol. The van der Waals surface area contributed by atoms with Crippen molar-refractivity contribution in [3.8, 4) is 0 Å². The van der Waals surface area contributed by atoms with Gasteiger partial charge in [0.15, 0.2) is 5.78 Å². The van der Waals surface area contributed by atoms with Gasteiger partial charge in [-0.05, 0) is 6.42 Å². The van der Waals surface area contributed by atoms with Gasteiger partial charge in [0, 0.05) is 6.54 Å². The van der Waals surface area contributed by atoms with Gasteiger partial charge in [-0.1, -0.05) is 12.0 Å². The van der Waals surface area contributed by atoms with Crippen LogP contribution in [0.4, 0.5) is 6.01 Å². The molecule has 0 spiro atoms. The zero-order valence-electron chi connectivity index (χ0n) is 9.70. The summed E-state index contributed by atoms with van der Waals surface area (Å²) in [5.74, 6) is -0.0506. The number of Topliss-reactive ketones (excluding diaryl/α,β-unsaturated/α-hetero) is 1. The summed E-state index contributed by atoms with van der Waals surface area (Å²) in [5, 5.41) is 7.43. The van der Waals surface area contributed by atoms with E-state index < -0.39 is 12.1 Å². The number of hydrogen-bond donors (Lipinski definition) is 1. The maximum Gasteiger partial charge on any atom is 0.318 e. The monoisotopic (exact) mass is 240 g/mol. The number of anilines is 1. The molecule has 1 aromatic heterocycles. The molecule has 94 valence electrons. The molecule has 0 amide bonds. The summed E-state index contributed by atoms with van der Waals surface area (Å²) in [5.41, 5.74) is 5.76.